The molecular weight excluding hydrogens is 494 g/mol. The SMILES string of the molecule is CN(C)C1CCCC(c2cccc(C(F)(F)F)c2)C1.CN(C)c1ccncn1.Cc1cc(F)c(C)nc1C. The van der Waals surface area contributed by atoms with Gasteiger partial charge in [-0.1, -0.05) is 24.6 Å². The van der Waals surface area contributed by atoms with Gasteiger partial charge in [-0.3, -0.25) is 4.98 Å². The van der Waals surface area contributed by atoms with E-state index >= 15 is 0 Å². The van der Waals surface area contributed by atoms with Crippen LogP contribution in [-0.2, 0) is 6.18 Å². The van der Waals surface area contributed by atoms with Crippen LogP contribution < -0.4 is 4.90 Å². The van der Waals surface area contributed by atoms with Crippen LogP contribution in [0.3, 0.4) is 0 Å². The van der Waals surface area contributed by atoms with E-state index in [9.17, 15) is 17.6 Å². The number of hydrogen-bond acceptors (Lipinski definition) is 5. The minimum Gasteiger partial charge on any atom is -0.363 e. The largest absolute Gasteiger partial charge is 0.416 e. The Morgan fingerprint density at radius 2 is 1.63 bits per heavy atom. The Kier molecular flexibility index (Phi) is 11.6. The summed E-state index contributed by atoms with van der Waals surface area (Å²) in [6, 6.07) is 9.68. The molecule has 4 rings (SSSR count). The lowest BCUT2D eigenvalue weighted by molar-refractivity contribution is -0.137. The fourth-order valence-corrected chi connectivity index (χ4v) is 4.25. The maximum absolute atomic E-state index is 12.7. The molecule has 0 N–H and O–H groups in total. The number of aromatic nitrogens is 3. The molecule has 0 bridgehead atoms. The summed E-state index contributed by atoms with van der Waals surface area (Å²) >= 11 is 0. The van der Waals surface area contributed by atoms with Gasteiger partial charge < -0.3 is 9.80 Å². The summed E-state index contributed by atoms with van der Waals surface area (Å²) in [6.45, 7) is 5.40. The average Bonchev–Trinajstić information content (AvgIpc) is 2.88. The minimum absolute atomic E-state index is 0.219. The summed E-state index contributed by atoms with van der Waals surface area (Å²) in [7, 11) is 7.98. The first kappa shape index (κ1) is 31.1. The Hall–Kier alpha value is -3.07. The standard InChI is InChI=1S/C15H20F3N.C8H10FN.C6H9N3/c1-19(2)14-8-4-6-12(10-14)11-5-3-7-13(9-11)15(16,17)18;1-5-4-8(9)7(3)10-6(5)2;1-9(2)6-3-4-7-5-8-6/h3,5,7,9,12,14H,4,6,8,10H2,1-2H3;4H,1-3H3;3-5H,1-2H3. The Morgan fingerprint density at radius 3 is 2.16 bits per heavy atom. The zero-order valence-corrected chi connectivity index (χ0v) is 23.3. The normalized spacial score (nSPS) is 17.2. The molecule has 0 radical (unpaired) electrons. The molecule has 208 valence electrons. The van der Waals surface area contributed by atoms with E-state index in [-0.39, 0.29) is 11.7 Å². The van der Waals surface area contributed by atoms with Gasteiger partial charge in [-0.25, -0.2) is 14.4 Å². The molecule has 2 aromatic heterocycles. The maximum Gasteiger partial charge on any atom is 0.416 e. The summed E-state index contributed by atoms with van der Waals surface area (Å²) < 4.78 is 50.9. The van der Waals surface area contributed by atoms with Gasteiger partial charge in [0.15, 0.2) is 0 Å². The van der Waals surface area contributed by atoms with Gasteiger partial charge in [0, 0.05) is 32.0 Å². The number of rotatable bonds is 3. The number of pyridine rings is 1. The van der Waals surface area contributed by atoms with Crippen LogP contribution in [-0.4, -0.2) is 54.1 Å². The molecule has 0 saturated heterocycles. The molecule has 2 heterocycles. The van der Waals surface area contributed by atoms with Crippen molar-refractivity contribution in [2.45, 2.75) is 64.6 Å². The third kappa shape index (κ3) is 9.67. The zero-order valence-electron chi connectivity index (χ0n) is 23.3. The Morgan fingerprint density at radius 1 is 0.921 bits per heavy atom. The van der Waals surface area contributed by atoms with Crippen molar-refractivity contribution in [3.05, 3.63) is 82.8 Å². The number of aryl methyl sites for hydroxylation is 3. The third-order valence-electron chi connectivity index (χ3n) is 6.68. The van der Waals surface area contributed by atoms with Crippen LogP contribution >= 0.6 is 0 Å². The summed E-state index contributed by atoms with van der Waals surface area (Å²) in [5, 5.41) is 0. The highest BCUT2D eigenvalue weighted by Gasteiger charge is 2.32. The van der Waals surface area contributed by atoms with E-state index in [4.69, 9.17) is 0 Å². The van der Waals surface area contributed by atoms with Crippen molar-refractivity contribution in [3.63, 3.8) is 0 Å². The lowest BCUT2D eigenvalue weighted by Crippen LogP contribution is -2.32. The van der Waals surface area contributed by atoms with E-state index < -0.39 is 11.7 Å². The second-order valence-electron chi connectivity index (χ2n) is 10.0. The molecule has 9 heteroatoms. The highest BCUT2D eigenvalue weighted by Crippen LogP contribution is 2.37. The van der Waals surface area contributed by atoms with Crippen LogP contribution in [0.2, 0.25) is 0 Å². The second kappa shape index (κ2) is 14.2. The van der Waals surface area contributed by atoms with Gasteiger partial charge in [0.2, 0.25) is 0 Å². The second-order valence-corrected chi connectivity index (χ2v) is 10.0. The Bertz CT molecular complexity index is 1080. The number of alkyl halides is 3. The van der Waals surface area contributed by atoms with Gasteiger partial charge in [-0.2, -0.15) is 13.2 Å². The van der Waals surface area contributed by atoms with E-state index in [0.717, 1.165) is 54.4 Å². The number of benzene rings is 1. The smallest absolute Gasteiger partial charge is 0.363 e. The predicted molar refractivity (Wildman–Crippen MR) is 145 cm³/mol. The molecule has 2 unspecified atom stereocenters. The monoisotopic (exact) mass is 533 g/mol. The minimum atomic E-state index is -4.24. The molecule has 0 amide bonds. The highest BCUT2D eigenvalue weighted by atomic mass is 19.4. The highest BCUT2D eigenvalue weighted by molar-refractivity contribution is 5.33. The number of anilines is 1. The number of nitrogens with zero attached hydrogens (tertiary/aromatic N) is 5. The first-order valence-electron chi connectivity index (χ1n) is 12.7. The average molecular weight is 534 g/mol. The van der Waals surface area contributed by atoms with Crippen molar-refractivity contribution >= 4 is 5.82 Å². The molecular formula is C29H39F4N5. The molecule has 1 saturated carbocycles. The van der Waals surface area contributed by atoms with E-state index in [2.05, 4.69) is 19.9 Å². The summed E-state index contributed by atoms with van der Waals surface area (Å²) in [6.07, 6.45) is 3.19. The van der Waals surface area contributed by atoms with E-state index in [1.165, 1.54) is 24.5 Å². The molecule has 1 aliphatic rings. The van der Waals surface area contributed by atoms with Crippen LogP contribution in [0.5, 0.6) is 0 Å². The van der Waals surface area contributed by atoms with Gasteiger partial charge >= 0.3 is 6.18 Å². The molecule has 1 fully saturated rings. The van der Waals surface area contributed by atoms with Crippen molar-refractivity contribution in [2.24, 2.45) is 0 Å². The van der Waals surface area contributed by atoms with E-state index in [0.29, 0.717) is 11.7 Å². The van der Waals surface area contributed by atoms with Crippen molar-refractivity contribution in [2.75, 3.05) is 33.1 Å². The molecule has 38 heavy (non-hydrogen) atoms. The van der Waals surface area contributed by atoms with E-state index in [1.807, 2.05) is 59.1 Å². The molecule has 1 aromatic carbocycles. The lowest BCUT2D eigenvalue weighted by atomic mass is 9.80. The molecule has 0 aliphatic heterocycles. The fourth-order valence-electron chi connectivity index (χ4n) is 4.25. The number of hydrogen-bond donors (Lipinski definition) is 0. The first-order valence-corrected chi connectivity index (χ1v) is 12.7. The van der Waals surface area contributed by atoms with Gasteiger partial charge in [0.1, 0.15) is 18.0 Å². The topological polar surface area (TPSA) is 45.2 Å². The number of halogens is 4. The van der Waals surface area contributed by atoms with Gasteiger partial charge in [-0.05, 0) is 89.4 Å². The van der Waals surface area contributed by atoms with Crippen LogP contribution in [0.25, 0.3) is 0 Å². The van der Waals surface area contributed by atoms with Gasteiger partial charge in [0.25, 0.3) is 0 Å². The quantitative estimate of drug-likeness (QED) is 0.340. The summed E-state index contributed by atoms with van der Waals surface area (Å²) in [5.74, 6) is 0.969. The molecule has 3 aromatic rings. The van der Waals surface area contributed by atoms with Crippen LogP contribution in [0.15, 0.2) is 48.9 Å². The van der Waals surface area contributed by atoms with Crippen molar-refractivity contribution < 1.29 is 17.6 Å². The third-order valence-corrected chi connectivity index (χ3v) is 6.68. The fraction of sp³-hybridized carbons (Fsp3) is 0.483. The van der Waals surface area contributed by atoms with E-state index in [1.54, 1.807) is 13.1 Å². The molecule has 0 spiro atoms. The van der Waals surface area contributed by atoms with Crippen molar-refractivity contribution in [1.29, 1.82) is 0 Å². The summed E-state index contributed by atoms with van der Waals surface area (Å²) in [4.78, 5) is 15.9. The van der Waals surface area contributed by atoms with Crippen molar-refractivity contribution in [3.8, 4) is 0 Å². The van der Waals surface area contributed by atoms with Crippen LogP contribution in [0.1, 0.15) is 59.7 Å². The molecule has 2 atom stereocenters. The lowest BCUT2D eigenvalue weighted by Gasteiger charge is -2.33. The van der Waals surface area contributed by atoms with Crippen molar-refractivity contribution in [1.82, 2.24) is 19.9 Å². The maximum atomic E-state index is 12.7. The van der Waals surface area contributed by atoms with Crippen LogP contribution in [0, 0.1) is 26.6 Å². The zero-order chi connectivity index (χ0) is 28.5. The summed E-state index contributed by atoms with van der Waals surface area (Å²) in [5.41, 5.74) is 2.59. The Labute approximate surface area is 224 Å². The van der Waals surface area contributed by atoms with Gasteiger partial charge in [-0.15, -0.1) is 0 Å². The predicted octanol–water partition coefficient (Wildman–Crippen LogP) is 6.98. The van der Waals surface area contributed by atoms with Crippen LogP contribution in [0.4, 0.5) is 23.4 Å². The molecule has 5 nitrogen and oxygen atoms in total. The van der Waals surface area contributed by atoms with Gasteiger partial charge in [0.05, 0.1) is 11.3 Å². The first-order chi connectivity index (χ1) is 17.8. The molecule has 1 aliphatic carbocycles. The Balaban J connectivity index is 0.000000224.